The summed E-state index contributed by atoms with van der Waals surface area (Å²) in [7, 11) is 0. The number of unbranched alkanes of at least 4 members (excludes halogenated alkanes) is 1. The first-order chi connectivity index (χ1) is 34.5. The molecule has 7 unspecified atom stereocenters. The van der Waals surface area contributed by atoms with Crippen molar-refractivity contribution in [1.82, 2.24) is 42.2 Å². The summed E-state index contributed by atoms with van der Waals surface area (Å²) in [6.07, 6.45) is -3.08. The first-order valence-corrected chi connectivity index (χ1v) is 24.9. The van der Waals surface area contributed by atoms with Gasteiger partial charge in [-0.15, -0.1) is 0 Å². The minimum atomic E-state index is -1.48. The van der Waals surface area contributed by atoms with Crippen LogP contribution in [0.25, 0.3) is 22.2 Å². The summed E-state index contributed by atoms with van der Waals surface area (Å²) < 4.78 is 22.5. The molecule has 0 bridgehead atoms. The number of aliphatic hydroxyl groups excluding tert-OH is 1. The Kier molecular flexibility index (Phi) is 21.4. The molecule has 4 rings (SSSR count). The second-order valence-corrected chi connectivity index (χ2v) is 21.3. The second kappa shape index (κ2) is 26.4. The Morgan fingerprint density at radius 3 is 1.78 bits per heavy atom. The standard InChI is InChI=1S/C53H73ClN8O12/c1-30(42(63)48-61-37-17-13-14-19-40(37)71-48)57-45(66)38(18-15-16-28-55-49(69)73-52(7,8)9)59-43(64)31(2)58-47(68)41(32(3)72-51(4,5)6)62-46(67)39(29-56-50(70)74-53(10,11)12)60-44(65)35-22-20-33(21-23-35)34-24-26-36(54)27-25-34/h13-14,17,19-27,30-32,38-39,41-42,63H,15-16,18,28-29H2,1-12H3,(H,55,69)(H,56,70)(H,57,66)(H,58,68)(H,59,64)(H,60,65)(H,62,67). The Balaban J connectivity index is 1.52. The first kappa shape index (κ1) is 59.8. The van der Waals surface area contributed by atoms with Crippen LogP contribution in [0.1, 0.15) is 125 Å². The predicted octanol–water partition coefficient (Wildman–Crippen LogP) is 6.38. The van der Waals surface area contributed by atoms with Crippen molar-refractivity contribution in [3.8, 4) is 11.1 Å². The zero-order valence-electron chi connectivity index (χ0n) is 44.3. The van der Waals surface area contributed by atoms with Gasteiger partial charge in [0.15, 0.2) is 5.58 Å². The molecule has 4 aromatic rings. The number of rotatable bonds is 22. The van der Waals surface area contributed by atoms with E-state index in [1.807, 2.05) is 12.1 Å². The van der Waals surface area contributed by atoms with Gasteiger partial charge in [-0.1, -0.05) is 48.0 Å². The minimum Gasteiger partial charge on any atom is -0.444 e. The smallest absolute Gasteiger partial charge is 0.407 e. The molecular formula is C53H73ClN8O12. The van der Waals surface area contributed by atoms with Crippen molar-refractivity contribution in [2.45, 2.75) is 162 Å². The van der Waals surface area contributed by atoms with Crippen molar-refractivity contribution < 1.29 is 57.3 Å². The van der Waals surface area contributed by atoms with E-state index in [-0.39, 0.29) is 24.4 Å². The van der Waals surface area contributed by atoms with Crippen molar-refractivity contribution in [2.75, 3.05) is 13.1 Å². The van der Waals surface area contributed by atoms with Crippen LogP contribution < -0.4 is 37.2 Å². The van der Waals surface area contributed by atoms with Gasteiger partial charge in [0.1, 0.15) is 47.0 Å². The number of fused-ring (bicyclic) bond motifs is 1. The molecular weight excluding hydrogens is 976 g/mol. The van der Waals surface area contributed by atoms with Gasteiger partial charge in [0.2, 0.25) is 29.5 Å². The fourth-order valence-electron chi connectivity index (χ4n) is 7.23. The number of aliphatic hydroxyl groups is 1. The van der Waals surface area contributed by atoms with Crippen LogP contribution in [0.5, 0.6) is 0 Å². The van der Waals surface area contributed by atoms with Crippen molar-refractivity contribution in [1.29, 1.82) is 0 Å². The van der Waals surface area contributed by atoms with E-state index in [1.54, 1.807) is 137 Å². The summed E-state index contributed by atoms with van der Waals surface area (Å²) in [5.41, 5.74) is 0.376. The fourth-order valence-corrected chi connectivity index (χ4v) is 7.36. The highest BCUT2D eigenvalue weighted by Gasteiger charge is 2.36. The molecule has 404 valence electrons. The van der Waals surface area contributed by atoms with E-state index in [0.29, 0.717) is 29.0 Å². The van der Waals surface area contributed by atoms with Crippen LogP contribution in [0, 0.1) is 0 Å². The zero-order chi connectivity index (χ0) is 55.1. The Bertz CT molecular complexity index is 2520. The molecule has 0 saturated heterocycles. The van der Waals surface area contributed by atoms with Crippen LogP contribution in [0.3, 0.4) is 0 Å². The molecule has 0 aliphatic carbocycles. The maximum Gasteiger partial charge on any atom is 0.407 e. The Morgan fingerprint density at radius 1 is 0.635 bits per heavy atom. The van der Waals surface area contributed by atoms with Crippen molar-refractivity contribution in [3.05, 3.63) is 89.3 Å². The van der Waals surface area contributed by atoms with Crippen LogP contribution in [0.4, 0.5) is 9.59 Å². The van der Waals surface area contributed by atoms with E-state index < -0.39 is 107 Å². The monoisotopic (exact) mass is 1050 g/mol. The number of para-hydroxylation sites is 2. The zero-order valence-corrected chi connectivity index (χ0v) is 45.0. The number of halogens is 1. The molecule has 0 saturated carbocycles. The van der Waals surface area contributed by atoms with E-state index >= 15 is 0 Å². The number of aromatic nitrogens is 1. The number of amides is 7. The van der Waals surface area contributed by atoms with Crippen molar-refractivity contribution in [2.24, 2.45) is 0 Å². The highest BCUT2D eigenvalue weighted by atomic mass is 35.5. The highest BCUT2D eigenvalue weighted by molar-refractivity contribution is 6.30. The number of hydrogen-bond donors (Lipinski definition) is 8. The molecule has 20 nitrogen and oxygen atoms in total. The first-order valence-electron chi connectivity index (χ1n) is 24.5. The fraction of sp³-hybridized carbons (Fsp3) is 0.509. The number of oxazole rings is 1. The van der Waals surface area contributed by atoms with Gasteiger partial charge >= 0.3 is 12.2 Å². The number of benzene rings is 3. The van der Waals surface area contributed by atoms with Gasteiger partial charge in [-0.2, -0.15) is 0 Å². The lowest BCUT2D eigenvalue weighted by molar-refractivity contribution is -0.139. The molecule has 0 aliphatic rings. The third-order valence-electron chi connectivity index (χ3n) is 10.8. The second-order valence-electron chi connectivity index (χ2n) is 20.9. The third kappa shape index (κ3) is 19.9. The SMILES string of the molecule is CC(NC(=O)C(NC(=O)C(CNC(=O)OC(C)(C)C)NC(=O)c1ccc(-c2ccc(Cl)cc2)cc1)C(C)OC(C)(C)C)C(=O)NC(CCCCNC(=O)OC(C)(C)C)C(=O)NC(C)C(O)c1nc2ccccc2o1. The number of ether oxygens (including phenoxy) is 3. The van der Waals surface area contributed by atoms with Crippen molar-refractivity contribution >= 4 is 64.4 Å². The molecule has 7 atom stereocenters. The van der Waals surface area contributed by atoms with Gasteiger partial charge in [0, 0.05) is 17.1 Å². The molecule has 21 heteroatoms. The van der Waals surface area contributed by atoms with Gasteiger partial charge < -0.3 is 61.0 Å². The third-order valence-corrected chi connectivity index (χ3v) is 11.0. The van der Waals surface area contributed by atoms with Gasteiger partial charge in [-0.25, -0.2) is 14.6 Å². The number of nitrogens with zero attached hydrogens (tertiary/aromatic N) is 1. The van der Waals surface area contributed by atoms with Gasteiger partial charge in [0.25, 0.3) is 5.91 Å². The molecule has 1 heterocycles. The van der Waals surface area contributed by atoms with Crippen molar-refractivity contribution in [3.63, 3.8) is 0 Å². The molecule has 8 N–H and O–H groups in total. The largest absolute Gasteiger partial charge is 0.444 e. The molecule has 0 radical (unpaired) electrons. The summed E-state index contributed by atoms with van der Waals surface area (Å²) in [6.45, 7) is 19.6. The van der Waals surface area contributed by atoms with E-state index in [2.05, 4.69) is 42.2 Å². The number of nitrogens with one attached hydrogen (secondary N) is 7. The van der Waals surface area contributed by atoms with E-state index in [1.165, 1.54) is 6.92 Å². The van der Waals surface area contributed by atoms with Crippen LogP contribution in [-0.2, 0) is 33.4 Å². The van der Waals surface area contributed by atoms with Gasteiger partial charge in [0.05, 0.1) is 24.3 Å². The topological polar surface area (TPSA) is 278 Å². The molecule has 7 amide bonds. The van der Waals surface area contributed by atoms with E-state index in [4.69, 9.17) is 30.2 Å². The average Bonchev–Trinajstić information content (AvgIpc) is 3.74. The van der Waals surface area contributed by atoms with Gasteiger partial charge in [-0.3, -0.25) is 24.0 Å². The lowest BCUT2D eigenvalue weighted by Gasteiger charge is -2.32. The molecule has 3 aromatic carbocycles. The summed E-state index contributed by atoms with van der Waals surface area (Å²) >= 11 is 6.05. The summed E-state index contributed by atoms with van der Waals surface area (Å²) in [5, 5.41) is 30.2. The quantitative estimate of drug-likeness (QED) is 0.0397. The van der Waals surface area contributed by atoms with Gasteiger partial charge in [-0.05, 0) is 150 Å². The summed E-state index contributed by atoms with van der Waals surface area (Å²) in [6, 6.07) is 14.3. The molecule has 0 fully saturated rings. The Hall–Kier alpha value is -6.77. The van der Waals surface area contributed by atoms with Crippen LogP contribution in [0.2, 0.25) is 5.02 Å². The molecule has 0 spiro atoms. The maximum atomic E-state index is 14.3. The Labute approximate surface area is 437 Å². The van der Waals surface area contributed by atoms with E-state index in [0.717, 1.165) is 11.1 Å². The van der Waals surface area contributed by atoms with Crippen LogP contribution in [-0.4, -0.2) is 118 Å². The lowest BCUT2D eigenvalue weighted by atomic mass is 10.0. The minimum absolute atomic E-state index is 0.0241. The normalized spacial score (nSPS) is 14.7. The van der Waals surface area contributed by atoms with Crippen LogP contribution >= 0.6 is 11.6 Å². The predicted molar refractivity (Wildman–Crippen MR) is 279 cm³/mol. The summed E-state index contributed by atoms with van der Waals surface area (Å²) in [4.78, 5) is 99.4. The average molecular weight is 1050 g/mol. The number of hydrogen-bond acceptors (Lipinski definition) is 13. The Morgan fingerprint density at radius 2 is 1.20 bits per heavy atom. The number of carbonyl (C=O) groups excluding carboxylic acids is 7. The summed E-state index contributed by atoms with van der Waals surface area (Å²) in [5.74, 6) is -3.88. The molecule has 1 aromatic heterocycles. The van der Waals surface area contributed by atoms with E-state index in [9.17, 15) is 38.7 Å². The van der Waals surface area contributed by atoms with Crippen LogP contribution in [0.15, 0.2) is 77.2 Å². The number of alkyl carbamates (subject to hydrolysis) is 2. The number of carbonyl (C=O) groups is 7. The maximum absolute atomic E-state index is 14.3. The molecule has 0 aliphatic heterocycles. The highest BCUT2D eigenvalue weighted by Crippen LogP contribution is 2.24. The molecule has 74 heavy (non-hydrogen) atoms. The lowest BCUT2D eigenvalue weighted by Crippen LogP contribution is -2.62.